The second-order valence-corrected chi connectivity index (χ2v) is 5.60. The molecule has 23 heavy (non-hydrogen) atoms. The van der Waals surface area contributed by atoms with Gasteiger partial charge in [-0.15, -0.1) is 0 Å². The van der Waals surface area contributed by atoms with Crippen molar-refractivity contribution < 1.29 is 13.9 Å². The van der Waals surface area contributed by atoms with Crippen molar-refractivity contribution in [3.8, 4) is 0 Å². The molecule has 0 saturated carbocycles. The first-order valence-electron chi connectivity index (χ1n) is 6.30. The van der Waals surface area contributed by atoms with Crippen molar-refractivity contribution >= 4 is 52.5 Å². The van der Waals surface area contributed by atoms with Crippen molar-refractivity contribution in [2.24, 2.45) is 0 Å². The van der Waals surface area contributed by atoms with Gasteiger partial charge in [0, 0.05) is 22.9 Å². The van der Waals surface area contributed by atoms with Crippen LogP contribution in [0.3, 0.4) is 0 Å². The van der Waals surface area contributed by atoms with Crippen molar-refractivity contribution in [2.45, 2.75) is 0 Å². The fraction of sp³-hybridized carbons (Fsp3) is 0.0625. The number of halogens is 4. The van der Waals surface area contributed by atoms with Crippen molar-refractivity contribution in [3.05, 3.63) is 68.5 Å². The van der Waals surface area contributed by atoms with E-state index < -0.39 is 11.8 Å². The van der Waals surface area contributed by atoms with E-state index in [2.05, 4.69) is 16.1 Å². The van der Waals surface area contributed by atoms with E-state index >= 15 is 0 Å². The van der Waals surface area contributed by atoms with Crippen LogP contribution in [0.25, 0.3) is 6.08 Å². The molecule has 3 nitrogen and oxygen atoms in total. The number of methoxy groups -OCH3 is 1. The van der Waals surface area contributed by atoms with Crippen LogP contribution in [0, 0.1) is 11.9 Å². The second kappa shape index (κ2) is 7.68. The van der Waals surface area contributed by atoms with Crippen LogP contribution in [0.15, 0.2) is 30.5 Å². The Labute approximate surface area is 147 Å². The molecule has 2 aromatic carbocycles. The Morgan fingerprint density at radius 1 is 1.30 bits per heavy atom. The summed E-state index contributed by atoms with van der Waals surface area (Å²) in [5.41, 5.74) is 0.474. The highest BCUT2D eigenvalue weighted by atomic mass is 35.5. The summed E-state index contributed by atoms with van der Waals surface area (Å²) in [5.74, 6) is -1.41. The highest BCUT2D eigenvalue weighted by Gasteiger charge is 2.16. The van der Waals surface area contributed by atoms with Crippen molar-refractivity contribution in [1.29, 1.82) is 0 Å². The zero-order valence-corrected chi connectivity index (χ0v) is 14.1. The lowest BCUT2D eigenvalue weighted by Gasteiger charge is -2.07. The van der Waals surface area contributed by atoms with Gasteiger partial charge < -0.3 is 10.1 Å². The summed E-state index contributed by atoms with van der Waals surface area (Å²) in [4.78, 5) is 11.7. The van der Waals surface area contributed by atoms with Gasteiger partial charge >= 0.3 is 5.97 Å². The van der Waals surface area contributed by atoms with Gasteiger partial charge in [-0.2, -0.15) is 0 Å². The number of ether oxygens (including phenoxy) is 1. The third kappa shape index (κ3) is 4.38. The number of carbonyl (C=O) groups is 1. The fourth-order valence-corrected chi connectivity index (χ4v) is 2.43. The Kier molecular flexibility index (Phi) is 5.88. The van der Waals surface area contributed by atoms with Crippen LogP contribution >= 0.6 is 34.8 Å². The maximum absolute atomic E-state index is 14.0. The van der Waals surface area contributed by atoms with Crippen molar-refractivity contribution in [1.82, 2.24) is 0 Å². The molecule has 0 unspecified atom stereocenters. The molecule has 0 heterocycles. The van der Waals surface area contributed by atoms with E-state index in [1.807, 2.05) is 0 Å². The van der Waals surface area contributed by atoms with Crippen LogP contribution in [0.1, 0.15) is 15.9 Å². The van der Waals surface area contributed by atoms with Crippen LogP contribution in [-0.4, -0.2) is 13.1 Å². The monoisotopic (exact) mass is 372 g/mol. The van der Waals surface area contributed by atoms with Gasteiger partial charge in [-0.25, -0.2) is 9.18 Å². The molecule has 0 saturated heterocycles. The molecule has 2 rings (SSSR count). The number of anilines is 1. The third-order valence-corrected chi connectivity index (χ3v) is 3.59. The zero-order chi connectivity index (χ0) is 17.0. The molecule has 0 spiro atoms. The molecular weight excluding hydrogens is 364 g/mol. The Morgan fingerprint density at radius 2 is 2.04 bits per heavy atom. The van der Waals surface area contributed by atoms with Gasteiger partial charge in [-0.3, -0.25) is 0 Å². The summed E-state index contributed by atoms with van der Waals surface area (Å²) in [7, 11) is 1.19. The number of hydrogen-bond donors (Lipinski definition) is 1. The minimum absolute atomic E-state index is 0.00108. The largest absolute Gasteiger partial charge is 0.465 e. The van der Waals surface area contributed by atoms with E-state index in [-0.39, 0.29) is 16.1 Å². The highest BCUT2D eigenvalue weighted by Crippen LogP contribution is 2.26. The molecule has 1 N–H and O–H groups in total. The van der Waals surface area contributed by atoms with Crippen molar-refractivity contribution in [2.75, 3.05) is 12.4 Å². The molecule has 2 aromatic rings. The molecule has 0 aliphatic carbocycles. The number of rotatable bonds is 4. The predicted molar refractivity (Wildman–Crippen MR) is 90.7 cm³/mol. The molecule has 0 aromatic heterocycles. The smallest absolute Gasteiger partial charge is 0.339 e. The van der Waals surface area contributed by atoms with Crippen LogP contribution in [0.5, 0.6) is 0 Å². The number of carbonyl (C=O) groups excluding carboxylic acids is 1. The first kappa shape index (κ1) is 17.6. The van der Waals surface area contributed by atoms with Crippen LogP contribution in [-0.2, 0) is 4.74 Å². The first-order chi connectivity index (χ1) is 10.9. The van der Waals surface area contributed by atoms with Gasteiger partial charge in [0.05, 0.1) is 28.4 Å². The molecule has 7 heteroatoms. The zero-order valence-electron chi connectivity index (χ0n) is 11.8. The van der Waals surface area contributed by atoms with E-state index in [9.17, 15) is 9.18 Å². The van der Waals surface area contributed by atoms with E-state index in [1.165, 1.54) is 19.4 Å². The van der Waals surface area contributed by atoms with Gasteiger partial charge in [0.25, 0.3) is 0 Å². The highest BCUT2D eigenvalue weighted by molar-refractivity contribution is 6.36. The number of hydrogen-bond acceptors (Lipinski definition) is 3. The maximum Gasteiger partial charge on any atom is 0.339 e. The summed E-state index contributed by atoms with van der Waals surface area (Å²) in [6.07, 6.45) is 2.79. The fourth-order valence-electron chi connectivity index (χ4n) is 1.78. The van der Waals surface area contributed by atoms with Gasteiger partial charge in [0.2, 0.25) is 0 Å². The van der Waals surface area contributed by atoms with Crippen LogP contribution in [0.2, 0.25) is 15.1 Å². The van der Waals surface area contributed by atoms with Gasteiger partial charge in [-0.05, 0) is 30.3 Å². The first-order valence-corrected chi connectivity index (χ1v) is 7.43. The quantitative estimate of drug-likeness (QED) is 0.724. The maximum atomic E-state index is 14.0. The molecule has 0 aliphatic rings. The van der Waals surface area contributed by atoms with Gasteiger partial charge in [0.15, 0.2) is 0 Å². The van der Waals surface area contributed by atoms with Crippen molar-refractivity contribution in [3.63, 3.8) is 0 Å². The summed E-state index contributed by atoms with van der Waals surface area (Å²) >= 11 is 17.5. The van der Waals surface area contributed by atoms with Gasteiger partial charge in [-0.1, -0.05) is 34.8 Å². The Balaban J connectivity index is 2.30. The lowest BCUT2D eigenvalue weighted by Crippen LogP contribution is -2.06. The molecule has 0 atom stereocenters. The third-order valence-electron chi connectivity index (χ3n) is 2.83. The van der Waals surface area contributed by atoms with Crippen LogP contribution in [0.4, 0.5) is 10.1 Å². The molecule has 119 valence electrons. The molecule has 0 fully saturated rings. The SMILES string of the molecule is COC(=O)c1[c]c(Cl)cc(F)c1C=CNc1ccc(Cl)cc1Cl. The Morgan fingerprint density at radius 3 is 2.70 bits per heavy atom. The summed E-state index contributed by atoms with van der Waals surface area (Å²) in [6.45, 7) is 0. The molecule has 0 aliphatic heterocycles. The Hall–Kier alpha value is -1.75. The average Bonchev–Trinajstić information content (AvgIpc) is 2.50. The lowest BCUT2D eigenvalue weighted by molar-refractivity contribution is 0.0599. The normalized spacial score (nSPS) is 10.8. The second-order valence-electron chi connectivity index (χ2n) is 4.35. The van der Waals surface area contributed by atoms with E-state index in [1.54, 1.807) is 18.2 Å². The minimum Gasteiger partial charge on any atom is -0.465 e. The molecular formula is C16H10Cl3FNO2. The van der Waals surface area contributed by atoms with E-state index in [4.69, 9.17) is 34.8 Å². The number of nitrogens with one attached hydrogen (secondary N) is 1. The number of benzene rings is 2. The summed E-state index contributed by atoms with van der Waals surface area (Å²) in [5, 5.41) is 3.76. The van der Waals surface area contributed by atoms with Crippen LogP contribution < -0.4 is 5.32 Å². The summed E-state index contributed by atoms with van der Waals surface area (Å²) in [6, 6.07) is 8.51. The van der Waals surface area contributed by atoms with Gasteiger partial charge in [0.1, 0.15) is 5.82 Å². The molecule has 0 bridgehead atoms. The number of esters is 1. The summed E-state index contributed by atoms with van der Waals surface area (Å²) < 4.78 is 18.6. The standard InChI is InChI=1S/C16H10Cl3FNO2/c1-23-16(22)12-6-10(18)8-14(20)11(12)4-5-21-15-3-2-9(17)7-13(15)19/h2-5,7-8,21H,1H3. The minimum atomic E-state index is -0.740. The topological polar surface area (TPSA) is 38.3 Å². The predicted octanol–water partition coefficient (Wildman–Crippen LogP) is 5.46. The molecule has 1 radical (unpaired) electrons. The molecule has 0 amide bonds. The van der Waals surface area contributed by atoms with E-state index in [0.29, 0.717) is 15.7 Å². The van der Waals surface area contributed by atoms with E-state index in [0.717, 1.165) is 6.07 Å². The Bertz CT molecular complexity index is 778. The lowest BCUT2D eigenvalue weighted by atomic mass is 10.1. The average molecular weight is 374 g/mol.